The summed E-state index contributed by atoms with van der Waals surface area (Å²) in [6.45, 7) is 3.81. The number of hydrogen-bond donors (Lipinski definition) is 1. The van der Waals surface area contributed by atoms with Gasteiger partial charge in [0.15, 0.2) is 5.82 Å². The number of rotatable bonds is 2. The Bertz CT molecular complexity index is 238. The van der Waals surface area contributed by atoms with Gasteiger partial charge < -0.3 is 0 Å². The summed E-state index contributed by atoms with van der Waals surface area (Å²) in [6, 6.07) is 3.61. The van der Waals surface area contributed by atoms with Crippen LogP contribution < -0.4 is 5.43 Å². The van der Waals surface area contributed by atoms with Crippen LogP contribution in [-0.2, 0) is 0 Å². The van der Waals surface area contributed by atoms with Crippen LogP contribution >= 0.6 is 0 Å². The summed E-state index contributed by atoms with van der Waals surface area (Å²) < 4.78 is 0. The Morgan fingerprint density at radius 2 is 2.36 bits per heavy atom. The van der Waals surface area contributed by atoms with Crippen molar-refractivity contribution < 1.29 is 0 Å². The van der Waals surface area contributed by atoms with Crippen LogP contribution in [0.15, 0.2) is 23.4 Å². The number of nitrogens with one attached hydrogen (secondary N) is 1. The molecule has 0 saturated carbocycles. The van der Waals surface area contributed by atoms with Gasteiger partial charge in [-0.2, -0.15) is 10.2 Å². The molecule has 1 N–H and O–H groups in total. The molecule has 1 aromatic rings. The Morgan fingerprint density at radius 1 is 1.55 bits per heavy atom. The third-order valence-corrected chi connectivity index (χ3v) is 0.966. The summed E-state index contributed by atoms with van der Waals surface area (Å²) in [4.78, 5) is 0. The molecule has 4 heteroatoms. The molecule has 0 aliphatic rings. The quantitative estimate of drug-likeness (QED) is 0.510. The molecule has 0 aromatic carbocycles. The van der Waals surface area contributed by atoms with Crippen LogP contribution in [0.25, 0.3) is 0 Å². The van der Waals surface area contributed by atoms with Crippen molar-refractivity contribution in [1.82, 2.24) is 10.2 Å². The lowest BCUT2D eigenvalue weighted by atomic mass is 10.5. The fourth-order valence-electron chi connectivity index (χ4n) is 0.530. The Morgan fingerprint density at radius 3 is 2.91 bits per heavy atom. The highest BCUT2D eigenvalue weighted by Gasteiger charge is 1.86. The SMILES string of the molecule is CC(C)=NNc1cccnn1. The van der Waals surface area contributed by atoms with E-state index in [0.29, 0.717) is 5.82 Å². The maximum atomic E-state index is 3.96. The van der Waals surface area contributed by atoms with Crippen LogP contribution in [0, 0.1) is 0 Å². The predicted molar refractivity (Wildman–Crippen MR) is 44.4 cm³/mol. The van der Waals surface area contributed by atoms with Crippen molar-refractivity contribution in [3.05, 3.63) is 18.3 Å². The molecule has 58 valence electrons. The number of anilines is 1. The standard InChI is InChI=1S/C7H10N4/c1-6(2)9-11-7-4-3-5-8-10-7/h3-5H,1-2H3,(H,10,11). The predicted octanol–water partition coefficient (Wildman–Crippen LogP) is 1.28. The molecule has 0 bridgehead atoms. The Labute approximate surface area is 65.3 Å². The molecule has 0 atom stereocenters. The van der Waals surface area contributed by atoms with Gasteiger partial charge >= 0.3 is 0 Å². The van der Waals surface area contributed by atoms with Crippen molar-refractivity contribution in [2.24, 2.45) is 5.10 Å². The normalized spacial score (nSPS) is 8.91. The average molecular weight is 150 g/mol. The summed E-state index contributed by atoms with van der Waals surface area (Å²) in [5, 5.41) is 11.4. The lowest BCUT2D eigenvalue weighted by molar-refractivity contribution is 1.02. The molecule has 0 unspecified atom stereocenters. The zero-order valence-corrected chi connectivity index (χ0v) is 6.57. The first-order valence-corrected chi connectivity index (χ1v) is 3.33. The monoisotopic (exact) mass is 150 g/mol. The van der Waals surface area contributed by atoms with Crippen molar-refractivity contribution in [2.45, 2.75) is 13.8 Å². The molecule has 0 fully saturated rings. The van der Waals surface area contributed by atoms with E-state index in [1.54, 1.807) is 18.3 Å². The lowest BCUT2D eigenvalue weighted by Crippen LogP contribution is -1.95. The second-order valence-electron chi connectivity index (χ2n) is 2.28. The maximum Gasteiger partial charge on any atom is 0.168 e. The Balaban J connectivity index is 2.59. The lowest BCUT2D eigenvalue weighted by Gasteiger charge is -1.96. The molecule has 1 heterocycles. The minimum atomic E-state index is 0.661. The van der Waals surface area contributed by atoms with Crippen LogP contribution in [0.1, 0.15) is 13.8 Å². The average Bonchev–Trinajstić information content (AvgIpc) is 2.03. The summed E-state index contributed by atoms with van der Waals surface area (Å²) in [5.41, 5.74) is 3.71. The van der Waals surface area contributed by atoms with Crippen molar-refractivity contribution >= 4 is 11.5 Å². The molecular formula is C7H10N4. The third kappa shape index (κ3) is 2.75. The molecule has 0 aliphatic carbocycles. The minimum absolute atomic E-state index is 0.661. The van der Waals surface area contributed by atoms with E-state index >= 15 is 0 Å². The summed E-state index contributed by atoms with van der Waals surface area (Å²) in [7, 11) is 0. The first-order valence-electron chi connectivity index (χ1n) is 3.33. The molecule has 4 nitrogen and oxygen atoms in total. The molecule has 11 heavy (non-hydrogen) atoms. The van der Waals surface area contributed by atoms with Gasteiger partial charge in [-0.3, -0.25) is 5.43 Å². The van der Waals surface area contributed by atoms with E-state index < -0.39 is 0 Å². The topological polar surface area (TPSA) is 50.2 Å². The van der Waals surface area contributed by atoms with Gasteiger partial charge in [-0.15, -0.1) is 5.10 Å². The Kier molecular flexibility index (Phi) is 2.54. The van der Waals surface area contributed by atoms with Crippen LogP contribution in [-0.4, -0.2) is 15.9 Å². The highest BCUT2D eigenvalue weighted by Crippen LogP contribution is 1.96. The van der Waals surface area contributed by atoms with E-state index in [2.05, 4.69) is 20.7 Å². The first-order chi connectivity index (χ1) is 5.29. The summed E-state index contributed by atoms with van der Waals surface area (Å²) in [6.07, 6.45) is 1.62. The number of hydrogen-bond acceptors (Lipinski definition) is 4. The zero-order valence-electron chi connectivity index (χ0n) is 6.57. The molecule has 0 radical (unpaired) electrons. The Hall–Kier alpha value is -1.45. The number of nitrogens with zero attached hydrogens (tertiary/aromatic N) is 3. The van der Waals surface area contributed by atoms with Gasteiger partial charge in [0.1, 0.15) is 0 Å². The van der Waals surface area contributed by atoms with Crippen LogP contribution in [0.3, 0.4) is 0 Å². The maximum absolute atomic E-state index is 3.96. The second kappa shape index (κ2) is 3.65. The molecule has 0 spiro atoms. The van der Waals surface area contributed by atoms with Gasteiger partial charge in [0.25, 0.3) is 0 Å². The molecule has 0 saturated heterocycles. The van der Waals surface area contributed by atoms with Crippen molar-refractivity contribution in [2.75, 3.05) is 5.43 Å². The smallest absolute Gasteiger partial charge is 0.168 e. The highest BCUT2D eigenvalue weighted by molar-refractivity contribution is 5.79. The number of hydrazone groups is 1. The zero-order chi connectivity index (χ0) is 8.10. The van der Waals surface area contributed by atoms with Gasteiger partial charge in [-0.25, -0.2) is 0 Å². The van der Waals surface area contributed by atoms with E-state index in [9.17, 15) is 0 Å². The van der Waals surface area contributed by atoms with Gasteiger partial charge in [-0.05, 0) is 26.0 Å². The molecule has 1 aromatic heterocycles. The number of aromatic nitrogens is 2. The van der Waals surface area contributed by atoms with Gasteiger partial charge in [-0.1, -0.05) is 0 Å². The molecule has 0 amide bonds. The molecule has 0 aliphatic heterocycles. The fraction of sp³-hybridized carbons (Fsp3) is 0.286. The van der Waals surface area contributed by atoms with E-state index in [-0.39, 0.29) is 0 Å². The van der Waals surface area contributed by atoms with Crippen LogP contribution in [0.5, 0.6) is 0 Å². The molecule has 1 rings (SSSR count). The van der Waals surface area contributed by atoms with Crippen molar-refractivity contribution in [1.29, 1.82) is 0 Å². The van der Waals surface area contributed by atoms with E-state index in [4.69, 9.17) is 0 Å². The van der Waals surface area contributed by atoms with E-state index in [1.807, 2.05) is 13.8 Å². The summed E-state index contributed by atoms with van der Waals surface area (Å²) >= 11 is 0. The van der Waals surface area contributed by atoms with Crippen LogP contribution in [0.4, 0.5) is 5.82 Å². The summed E-state index contributed by atoms with van der Waals surface area (Å²) in [5.74, 6) is 0.661. The highest BCUT2D eigenvalue weighted by atomic mass is 15.3. The van der Waals surface area contributed by atoms with Crippen LogP contribution in [0.2, 0.25) is 0 Å². The fourth-order valence-corrected chi connectivity index (χ4v) is 0.530. The largest absolute Gasteiger partial charge is 0.260 e. The second-order valence-corrected chi connectivity index (χ2v) is 2.28. The van der Waals surface area contributed by atoms with Crippen molar-refractivity contribution in [3.63, 3.8) is 0 Å². The van der Waals surface area contributed by atoms with Gasteiger partial charge in [0.05, 0.1) is 0 Å². The molecular weight excluding hydrogens is 140 g/mol. The van der Waals surface area contributed by atoms with Gasteiger partial charge in [0, 0.05) is 11.9 Å². The van der Waals surface area contributed by atoms with E-state index in [1.165, 1.54) is 0 Å². The van der Waals surface area contributed by atoms with Crippen molar-refractivity contribution in [3.8, 4) is 0 Å². The third-order valence-electron chi connectivity index (χ3n) is 0.966. The first kappa shape index (κ1) is 7.65. The van der Waals surface area contributed by atoms with Gasteiger partial charge in [0.2, 0.25) is 0 Å². The minimum Gasteiger partial charge on any atom is -0.260 e. The van der Waals surface area contributed by atoms with E-state index in [0.717, 1.165) is 5.71 Å².